The van der Waals surface area contributed by atoms with E-state index in [0.717, 1.165) is 28.0 Å². The van der Waals surface area contributed by atoms with E-state index < -0.39 is 30.2 Å². The third-order valence-corrected chi connectivity index (χ3v) is 8.79. The number of aromatic nitrogens is 4. The molecule has 0 aliphatic carbocycles. The second kappa shape index (κ2) is 12.9. The molecule has 3 aromatic rings. The van der Waals surface area contributed by atoms with Crippen molar-refractivity contribution in [3.8, 4) is 0 Å². The maximum Gasteiger partial charge on any atom is 2.00 e. The standard InChI is InChI=1S/C34H36N4O6.Fe/c1-7-19-15(3)23-12-25-17(5)21(9-10-29(39)40)32(37-25)22(11-30(41)42)33-31(34(43)44)18(6)26(38-33)14-28-20(8-2)16(4)24(36-28)13-27(19)35-23;/h7,12-14,17,21H,1,8-11H2,2-6H3,(H5,35,36,37,38,39,40,41,42,43,44);/q;+2/p-2/t17-,21?;/m0./s1. The first-order valence-electron chi connectivity index (χ1n) is 14.5. The molecular formula is C34H34FeN4O6. The van der Waals surface area contributed by atoms with Crippen LogP contribution in [0.3, 0.4) is 0 Å². The summed E-state index contributed by atoms with van der Waals surface area (Å²) >= 11 is 0. The maximum atomic E-state index is 12.7. The fourth-order valence-electron chi connectivity index (χ4n) is 6.37. The molecule has 11 heteroatoms. The molecule has 0 saturated heterocycles. The summed E-state index contributed by atoms with van der Waals surface area (Å²) in [5.41, 5.74) is 8.16. The summed E-state index contributed by atoms with van der Waals surface area (Å²) in [4.78, 5) is 56.0. The number of aryl methyl sites for hydroxylation is 2. The van der Waals surface area contributed by atoms with E-state index in [1.165, 1.54) is 0 Å². The zero-order valence-electron chi connectivity index (χ0n) is 25.7. The van der Waals surface area contributed by atoms with Crippen molar-refractivity contribution < 1.29 is 46.8 Å². The Labute approximate surface area is 270 Å². The summed E-state index contributed by atoms with van der Waals surface area (Å²) in [5.74, 6) is -4.21. The molecule has 3 aromatic heterocycles. The number of hydrogen-bond donors (Lipinski definition) is 3. The van der Waals surface area contributed by atoms with Gasteiger partial charge in [-0.25, -0.2) is 9.78 Å². The van der Waals surface area contributed by atoms with Gasteiger partial charge >= 0.3 is 35.0 Å². The van der Waals surface area contributed by atoms with Crippen LogP contribution in [0.1, 0.15) is 107 Å². The molecule has 2 atom stereocenters. The quantitative estimate of drug-likeness (QED) is 0.237. The molecule has 8 bridgehead atoms. The molecule has 1 unspecified atom stereocenters. The summed E-state index contributed by atoms with van der Waals surface area (Å²) in [6.07, 6.45) is 1.90. The number of fused-ring (bicyclic) bond motifs is 8. The van der Waals surface area contributed by atoms with Crippen molar-refractivity contribution >= 4 is 57.2 Å². The van der Waals surface area contributed by atoms with E-state index in [2.05, 4.69) is 6.58 Å². The van der Waals surface area contributed by atoms with Crippen LogP contribution in [0.25, 0.3) is 39.3 Å². The van der Waals surface area contributed by atoms with Gasteiger partial charge in [0, 0.05) is 35.2 Å². The van der Waals surface area contributed by atoms with Crippen LogP contribution >= 0.6 is 0 Å². The monoisotopic (exact) mass is 650 g/mol. The van der Waals surface area contributed by atoms with Crippen LogP contribution in [0.2, 0.25) is 0 Å². The number of carbonyl (C=O) groups is 3. The Kier molecular flexibility index (Phi) is 9.56. The van der Waals surface area contributed by atoms with Crippen molar-refractivity contribution in [3.63, 3.8) is 0 Å². The first kappa shape index (κ1) is 33.4. The minimum atomic E-state index is -1.24. The normalized spacial score (nSPS) is 15.9. The largest absolute Gasteiger partial charge is 2.00 e. The first-order chi connectivity index (χ1) is 20.9. The average Bonchev–Trinajstić information content (AvgIpc) is 3.63. The van der Waals surface area contributed by atoms with E-state index in [1.54, 1.807) is 19.1 Å². The Balaban J connectivity index is 0.00000461. The topological polar surface area (TPSA) is 166 Å². The smallest absolute Gasteiger partial charge is 0.657 e. The Morgan fingerprint density at radius 2 is 1.60 bits per heavy atom. The van der Waals surface area contributed by atoms with Gasteiger partial charge in [-0.1, -0.05) is 55.8 Å². The van der Waals surface area contributed by atoms with Gasteiger partial charge in [0.1, 0.15) is 0 Å². The Morgan fingerprint density at radius 1 is 0.933 bits per heavy atom. The SMILES string of the molecule is C=Cc1c(C)c2cc3nc(c(CC(=O)O)c4[n-]c(cc5nc(cc1[n-]2)C(C)=C5CC)c(C)c4C(=O)O)C(CCC(=O)O)[C@@H]3C.[Fe+2]. The summed E-state index contributed by atoms with van der Waals surface area (Å²) < 4.78 is 0. The van der Waals surface area contributed by atoms with Gasteiger partial charge in [0.25, 0.3) is 0 Å². The van der Waals surface area contributed by atoms with Crippen LogP contribution in [0, 0.1) is 13.8 Å². The molecule has 5 heterocycles. The third-order valence-electron chi connectivity index (χ3n) is 8.79. The number of aliphatic carboxylic acids is 2. The Bertz CT molecular complexity index is 1950. The number of carboxylic acids is 3. The minimum Gasteiger partial charge on any atom is -0.657 e. The fourth-order valence-corrected chi connectivity index (χ4v) is 6.37. The van der Waals surface area contributed by atoms with Gasteiger partial charge in [-0.2, -0.15) is 0 Å². The summed E-state index contributed by atoms with van der Waals surface area (Å²) in [7, 11) is 0. The molecule has 2 aliphatic heterocycles. The summed E-state index contributed by atoms with van der Waals surface area (Å²) in [6.45, 7) is 13.5. The van der Waals surface area contributed by atoms with Crippen molar-refractivity contribution in [3.05, 3.63) is 75.4 Å². The van der Waals surface area contributed by atoms with Gasteiger partial charge in [-0.15, -0.1) is 22.1 Å². The zero-order chi connectivity index (χ0) is 32.0. The van der Waals surface area contributed by atoms with Gasteiger partial charge in [0.15, 0.2) is 0 Å². The van der Waals surface area contributed by atoms with Crippen molar-refractivity contribution in [2.24, 2.45) is 0 Å². The van der Waals surface area contributed by atoms with Crippen molar-refractivity contribution in [2.75, 3.05) is 0 Å². The molecule has 0 aromatic carbocycles. The molecule has 45 heavy (non-hydrogen) atoms. The molecule has 2 aliphatic rings. The van der Waals surface area contributed by atoms with Gasteiger partial charge in [0.2, 0.25) is 0 Å². The number of allylic oxidation sites excluding steroid dienone is 2. The fraction of sp³-hybridized carbons (Fsp3) is 0.324. The number of rotatable bonds is 8. The van der Waals surface area contributed by atoms with Crippen LogP contribution in [-0.4, -0.2) is 43.2 Å². The van der Waals surface area contributed by atoms with Gasteiger partial charge < -0.3 is 25.3 Å². The predicted molar refractivity (Wildman–Crippen MR) is 168 cm³/mol. The molecule has 234 valence electrons. The van der Waals surface area contributed by atoms with Crippen LogP contribution in [-0.2, 0) is 33.1 Å². The van der Waals surface area contributed by atoms with Gasteiger partial charge in [0.05, 0.1) is 17.8 Å². The van der Waals surface area contributed by atoms with Gasteiger partial charge in [-0.05, 0) is 55.9 Å². The molecule has 10 nitrogen and oxygen atoms in total. The van der Waals surface area contributed by atoms with E-state index in [4.69, 9.17) is 19.9 Å². The number of hydrogen-bond acceptors (Lipinski definition) is 5. The molecule has 0 radical (unpaired) electrons. The van der Waals surface area contributed by atoms with Crippen LogP contribution < -0.4 is 9.97 Å². The van der Waals surface area contributed by atoms with Crippen LogP contribution in [0.5, 0.6) is 0 Å². The number of aromatic carboxylic acids is 1. The zero-order valence-corrected chi connectivity index (χ0v) is 26.8. The van der Waals surface area contributed by atoms with Crippen molar-refractivity contribution in [1.82, 2.24) is 19.9 Å². The maximum absolute atomic E-state index is 12.7. The van der Waals surface area contributed by atoms with E-state index in [-0.39, 0.29) is 52.5 Å². The molecule has 0 spiro atoms. The van der Waals surface area contributed by atoms with Crippen molar-refractivity contribution in [1.29, 1.82) is 0 Å². The van der Waals surface area contributed by atoms with E-state index in [0.29, 0.717) is 45.6 Å². The summed E-state index contributed by atoms with van der Waals surface area (Å²) in [5, 5.41) is 29.8. The molecule has 0 amide bonds. The van der Waals surface area contributed by atoms with E-state index in [1.807, 2.05) is 39.8 Å². The Hall–Kier alpha value is -4.47. The van der Waals surface area contributed by atoms with Crippen LogP contribution in [0.15, 0.2) is 24.8 Å². The predicted octanol–water partition coefficient (Wildman–Crippen LogP) is 6.25. The van der Waals surface area contributed by atoms with E-state index >= 15 is 0 Å². The minimum absolute atomic E-state index is 0. The number of nitrogens with zero attached hydrogens (tertiary/aromatic N) is 4. The molecule has 0 saturated carbocycles. The molecule has 3 N–H and O–H groups in total. The summed E-state index contributed by atoms with van der Waals surface area (Å²) in [6, 6.07) is 5.50. The van der Waals surface area contributed by atoms with Crippen molar-refractivity contribution in [2.45, 2.75) is 72.1 Å². The van der Waals surface area contributed by atoms with Gasteiger partial charge in [-0.3, -0.25) is 14.6 Å². The Morgan fingerprint density at radius 3 is 2.20 bits per heavy atom. The first-order valence-corrected chi connectivity index (χ1v) is 14.5. The molecule has 0 fully saturated rings. The second-order valence-corrected chi connectivity index (χ2v) is 11.3. The number of carboxylic acid groups (broad SMARTS) is 3. The molecule has 5 rings (SSSR count). The molecular weight excluding hydrogens is 616 g/mol. The second-order valence-electron chi connectivity index (χ2n) is 11.3. The van der Waals surface area contributed by atoms with Crippen LogP contribution in [0.4, 0.5) is 0 Å². The average molecular weight is 651 g/mol. The third kappa shape index (κ3) is 5.98. The van der Waals surface area contributed by atoms with E-state index in [9.17, 15) is 29.7 Å².